The first kappa shape index (κ1) is 12.8. The number of rotatable bonds is 3. The lowest BCUT2D eigenvalue weighted by Crippen LogP contribution is -2.28. The quantitative estimate of drug-likeness (QED) is 0.870. The third kappa shape index (κ3) is 2.28. The summed E-state index contributed by atoms with van der Waals surface area (Å²) in [6.45, 7) is 2.29. The van der Waals surface area contributed by atoms with Gasteiger partial charge in [-0.1, -0.05) is 6.08 Å². The van der Waals surface area contributed by atoms with Gasteiger partial charge >= 0.3 is 0 Å². The second-order valence-corrected chi connectivity index (χ2v) is 4.99. The molecule has 0 saturated carbocycles. The summed E-state index contributed by atoms with van der Waals surface area (Å²) in [6, 6.07) is 8.29. The predicted molar refractivity (Wildman–Crippen MR) is 79.5 cm³/mol. The van der Waals surface area contributed by atoms with E-state index in [0.29, 0.717) is 6.54 Å². The molecule has 2 aromatic rings. The highest BCUT2D eigenvalue weighted by Gasteiger charge is 2.15. The third-order valence-electron chi connectivity index (χ3n) is 3.82. The average molecular weight is 267 g/mol. The number of fused-ring (bicyclic) bond motifs is 1. The van der Waals surface area contributed by atoms with Crippen LogP contribution < -0.4 is 4.74 Å². The minimum absolute atomic E-state index is 0.505. The SMILES string of the molecule is COc1ccc2[nH]cc(C3=CCN(CC#N)CC3)c2c1. The Morgan fingerprint density at radius 2 is 2.35 bits per heavy atom. The van der Waals surface area contributed by atoms with E-state index in [2.05, 4.69) is 34.3 Å². The van der Waals surface area contributed by atoms with Gasteiger partial charge in [0.15, 0.2) is 0 Å². The van der Waals surface area contributed by atoms with Gasteiger partial charge in [0.2, 0.25) is 0 Å². The van der Waals surface area contributed by atoms with Crippen LogP contribution in [0.15, 0.2) is 30.5 Å². The number of ether oxygens (including phenoxy) is 1. The van der Waals surface area contributed by atoms with Gasteiger partial charge in [-0.2, -0.15) is 5.26 Å². The number of methoxy groups -OCH3 is 1. The van der Waals surface area contributed by atoms with Crippen molar-refractivity contribution in [3.63, 3.8) is 0 Å². The maximum absolute atomic E-state index is 8.74. The number of H-pyrrole nitrogens is 1. The number of benzene rings is 1. The van der Waals surface area contributed by atoms with Crippen LogP contribution in [-0.4, -0.2) is 36.6 Å². The van der Waals surface area contributed by atoms with Crippen molar-refractivity contribution in [2.24, 2.45) is 0 Å². The highest BCUT2D eigenvalue weighted by Crippen LogP contribution is 2.31. The average Bonchev–Trinajstić information content (AvgIpc) is 2.91. The molecule has 1 N–H and O–H groups in total. The molecule has 1 aliphatic rings. The molecule has 20 heavy (non-hydrogen) atoms. The molecule has 102 valence electrons. The summed E-state index contributed by atoms with van der Waals surface area (Å²) in [4.78, 5) is 5.46. The van der Waals surface area contributed by atoms with E-state index in [4.69, 9.17) is 10.00 Å². The molecule has 0 amide bonds. The van der Waals surface area contributed by atoms with Crippen molar-refractivity contribution < 1.29 is 4.74 Å². The molecule has 0 aliphatic carbocycles. The van der Waals surface area contributed by atoms with E-state index in [-0.39, 0.29) is 0 Å². The second-order valence-electron chi connectivity index (χ2n) is 4.99. The number of nitrogens with zero attached hydrogens (tertiary/aromatic N) is 2. The van der Waals surface area contributed by atoms with E-state index < -0.39 is 0 Å². The summed E-state index contributed by atoms with van der Waals surface area (Å²) in [5.41, 5.74) is 3.72. The molecule has 0 saturated heterocycles. The zero-order chi connectivity index (χ0) is 13.9. The van der Waals surface area contributed by atoms with Crippen LogP contribution in [0, 0.1) is 11.3 Å². The molecule has 4 nitrogen and oxygen atoms in total. The van der Waals surface area contributed by atoms with Crippen molar-refractivity contribution in [3.05, 3.63) is 36.0 Å². The summed E-state index contributed by atoms with van der Waals surface area (Å²) < 4.78 is 5.31. The van der Waals surface area contributed by atoms with E-state index in [1.165, 1.54) is 16.5 Å². The first-order valence-electron chi connectivity index (χ1n) is 6.75. The van der Waals surface area contributed by atoms with Gasteiger partial charge in [0.05, 0.1) is 19.7 Å². The smallest absolute Gasteiger partial charge is 0.119 e. The molecule has 0 bridgehead atoms. The molecule has 4 heteroatoms. The number of nitriles is 1. The van der Waals surface area contributed by atoms with Crippen molar-refractivity contribution in [3.8, 4) is 11.8 Å². The van der Waals surface area contributed by atoms with Gasteiger partial charge in [-0.3, -0.25) is 4.90 Å². The van der Waals surface area contributed by atoms with Gasteiger partial charge in [-0.15, -0.1) is 0 Å². The molecular weight excluding hydrogens is 250 g/mol. The zero-order valence-corrected chi connectivity index (χ0v) is 11.5. The van der Waals surface area contributed by atoms with Gasteiger partial charge in [-0.05, 0) is 30.2 Å². The topological polar surface area (TPSA) is 52.0 Å². The van der Waals surface area contributed by atoms with Gasteiger partial charge in [-0.25, -0.2) is 0 Å². The zero-order valence-electron chi connectivity index (χ0n) is 11.5. The van der Waals surface area contributed by atoms with E-state index >= 15 is 0 Å². The molecule has 1 aromatic heterocycles. The highest BCUT2D eigenvalue weighted by molar-refractivity contribution is 5.93. The molecule has 1 aromatic carbocycles. The van der Waals surface area contributed by atoms with Gasteiger partial charge in [0.1, 0.15) is 5.75 Å². The van der Waals surface area contributed by atoms with E-state index in [9.17, 15) is 0 Å². The Morgan fingerprint density at radius 1 is 1.45 bits per heavy atom. The fourth-order valence-corrected chi connectivity index (χ4v) is 2.69. The lowest BCUT2D eigenvalue weighted by molar-refractivity contribution is 0.338. The fraction of sp³-hybridized carbons (Fsp3) is 0.312. The molecule has 2 heterocycles. The standard InChI is InChI=1S/C16H17N3O/c1-20-13-2-3-16-14(10-13)15(11-18-16)12-4-7-19(8-5-12)9-6-17/h2-4,10-11,18H,5,7-9H2,1H3. The summed E-state index contributed by atoms with van der Waals surface area (Å²) in [5, 5.41) is 9.93. The Labute approximate surface area is 118 Å². The van der Waals surface area contributed by atoms with Crippen LogP contribution in [0.5, 0.6) is 5.75 Å². The first-order valence-corrected chi connectivity index (χ1v) is 6.75. The van der Waals surface area contributed by atoms with Crippen LogP contribution >= 0.6 is 0 Å². The third-order valence-corrected chi connectivity index (χ3v) is 3.82. The van der Waals surface area contributed by atoms with Gasteiger partial charge < -0.3 is 9.72 Å². The minimum Gasteiger partial charge on any atom is -0.497 e. The number of hydrogen-bond donors (Lipinski definition) is 1. The monoisotopic (exact) mass is 267 g/mol. The molecule has 0 spiro atoms. The van der Waals surface area contributed by atoms with E-state index in [1.54, 1.807) is 7.11 Å². The molecular formula is C16H17N3O. The van der Waals surface area contributed by atoms with Crippen molar-refractivity contribution >= 4 is 16.5 Å². The van der Waals surface area contributed by atoms with Crippen molar-refractivity contribution in [1.29, 1.82) is 5.26 Å². The maximum Gasteiger partial charge on any atom is 0.119 e. The molecule has 0 fully saturated rings. The van der Waals surface area contributed by atoms with Gasteiger partial charge in [0, 0.05) is 35.8 Å². The Kier molecular flexibility index (Phi) is 3.44. The Bertz CT molecular complexity index is 693. The summed E-state index contributed by atoms with van der Waals surface area (Å²) >= 11 is 0. The van der Waals surface area contributed by atoms with Crippen LogP contribution in [0.3, 0.4) is 0 Å². The van der Waals surface area contributed by atoms with E-state index in [0.717, 1.165) is 30.8 Å². The van der Waals surface area contributed by atoms with Gasteiger partial charge in [0.25, 0.3) is 0 Å². The van der Waals surface area contributed by atoms with Crippen LogP contribution in [0.4, 0.5) is 0 Å². The fourth-order valence-electron chi connectivity index (χ4n) is 2.69. The Balaban J connectivity index is 1.93. The van der Waals surface area contributed by atoms with Crippen LogP contribution in [0.1, 0.15) is 12.0 Å². The summed E-state index contributed by atoms with van der Waals surface area (Å²) in [6.07, 6.45) is 5.27. The number of hydrogen-bond acceptors (Lipinski definition) is 3. The minimum atomic E-state index is 0.505. The molecule has 0 atom stereocenters. The molecule has 3 rings (SSSR count). The normalized spacial score (nSPS) is 15.9. The second kappa shape index (κ2) is 5.40. The summed E-state index contributed by atoms with van der Waals surface area (Å²) in [7, 11) is 1.69. The summed E-state index contributed by atoms with van der Waals surface area (Å²) in [5.74, 6) is 0.876. The lowest BCUT2D eigenvalue weighted by atomic mass is 9.99. The Hall–Kier alpha value is -2.25. The van der Waals surface area contributed by atoms with Crippen molar-refractivity contribution in [2.45, 2.75) is 6.42 Å². The lowest BCUT2D eigenvalue weighted by Gasteiger charge is -2.23. The number of aromatic nitrogens is 1. The number of nitrogens with one attached hydrogen (secondary N) is 1. The van der Waals surface area contributed by atoms with Crippen LogP contribution in [-0.2, 0) is 0 Å². The van der Waals surface area contributed by atoms with Crippen molar-refractivity contribution in [2.75, 3.05) is 26.7 Å². The highest BCUT2D eigenvalue weighted by atomic mass is 16.5. The molecule has 0 unspecified atom stereocenters. The first-order chi connectivity index (χ1) is 9.81. The van der Waals surface area contributed by atoms with Crippen molar-refractivity contribution in [1.82, 2.24) is 9.88 Å². The Morgan fingerprint density at radius 3 is 3.05 bits per heavy atom. The largest absolute Gasteiger partial charge is 0.497 e. The predicted octanol–water partition coefficient (Wildman–Crippen LogP) is 2.79. The number of aromatic amines is 1. The van der Waals surface area contributed by atoms with Crippen LogP contribution in [0.2, 0.25) is 0 Å². The van der Waals surface area contributed by atoms with Crippen LogP contribution in [0.25, 0.3) is 16.5 Å². The maximum atomic E-state index is 8.74. The molecule has 1 aliphatic heterocycles. The van der Waals surface area contributed by atoms with E-state index in [1.807, 2.05) is 12.1 Å². The molecule has 0 radical (unpaired) electrons.